The molecule has 1 aliphatic carbocycles. The first kappa shape index (κ1) is 13.0. The maximum absolute atomic E-state index is 4.28. The van der Waals surface area contributed by atoms with Crippen LogP contribution in [0.25, 0.3) is 10.6 Å². The summed E-state index contributed by atoms with van der Waals surface area (Å²) in [6, 6.07) is 2.98. The molecular formula is C12H14IN3S2. The summed E-state index contributed by atoms with van der Waals surface area (Å²) in [5, 5.41) is 16.4. The Hall–Kier alpha value is -0.0500. The van der Waals surface area contributed by atoms with Crippen molar-refractivity contribution in [2.45, 2.75) is 31.7 Å². The Morgan fingerprint density at radius 2 is 2.28 bits per heavy atom. The highest BCUT2D eigenvalue weighted by Crippen LogP contribution is 2.29. The maximum atomic E-state index is 4.28. The average Bonchev–Trinajstić information content (AvgIpc) is 2.88. The molecule has 96 valence electrons. The molecule has 2 aromatic heterocycles. The summed E-state index contributed by atoms with van der Waals surface area (Å²) < 4.78 is 1.30. The van der Waals surface area contributed by atoms with Crippen molar-refractivity contribution in [3.63, 3.8) is 0 Å². The molecule has 3 nitrogen and oxygen atoms in total. The van der Waals surface area contributed by atoms with Gasteiger partial charge in [0.25, 0.3) is 0 Å². The molecule has 0 spiro atoms. The number of hydrogen-bond acceptors (Lipinski definition) is 5. The van der Waals surface area contributed by atoms with Crippen molar-refractivity contribution in [1.29, 1.82) is 0 Å². The quantitative estimate of drug-likeness (QED) is 0.605. The zero-order valence-electron chi connectivity index (χ0n) is 9.86. The van der Waals surface area contributed by atoms with Gasteiger partial charge in [0.15, 0.2) is 0 Å². The molecule has 1 saturated carbocycles. The largest absolute Gasteiger partial charge is 0.314 e. The number of rotatable bonds is 6. The average molecular weight is 391 g/mol. The van der Waals surface area contributed by atoms with Crippen LogP contribution < -0.4 is 5.32 Å². The molecule has 1 N–H and O–H groups in total. The first-order valence-electron chi connectivity index (χ1n) is 6.11. The van der Waals surface area contributed by atoms with Crippen molar-refractivity contribution in [3.05, 3.63) is 19.3 Å². The van der Waals surface area contributed by atoms with Gasteiger partial charge in [-0.25, -0.2) is 0 Å². The number of hydrogen-bond donors (Lipinski definition) is 1. The van der Waals surface area contributed by atoms with Crippen molar-refractivity contribution in [2.75, 3.05) is 6.54 Å². The van der Waals surface area contributed by atoms with Gasteiger partial charge in [0.2, 0.25) is 0 Å². The first-order valence-corrected chi connectivity index (χ1v) is 8.89. The number of aryl methyl sites for hydroxylation is 1. The van der Waals surface area contributed by atoms with Crippen LogP contribution in [0.15, 0.2) is 11.4 Å². The third kappa shape index (κ3) is 3.49. The summed E-state index contributed by atoms with van der Waals surface area (Å²) >= 11 is 5.82. The van der Waals surface area contributed by atoms with E-state index in [0.29, 0.717) is 0 Å². The number of nitrogens with one attached hydrogen (secondary N) is 1. The zero-order valence-corrected chi connectivity index (χ0v) is 13.6. The van der Waals surface area contributed by atoms with Crippen LogP contribution in [0.5, 0.6) is 0 Å². The molecule has 0 saturated heterocycles. The van der Waals surface area contributed by atoms with Gasteiger partial charge < -0.3 is 5.32 Å². The van der Waals surface area contributed by atoms with Crippen molar-refractivity contribution < 1.29 is 0 Å². The molecule has 0 bridgehead atoms. The monoisotopic (exact) mass is 391 g/mol. The Bertz CT molecular complexity index is 519. The van der Waals surface area contributed by atoms with Crippen molar-refractivity contribution in [1.82, 2.24) is 15.5 Å². The summed E-state index contributed by atoms with van der Waals surface area (Å²) in [5.41, 5.74) is 1.21. The topological polar surface area (TPSA) is 37.8 Å². The van der Waals surface area contributed by atoms with Crippen LogP contribution in [0, 0.1) is 2.88 Å². The first-order chi connectivity index (χ1) is 8.81. The molecule has 2 aromatic rings. The van der Waals surface area contributed by atoms with Gasteiger partial charge in [-0.15, -0.1) is 21.5 Å². The zero-order chi connectivity index (χ0) is 12.4. The summed E-state index contributed by atoms with van der Waals surface area (Å²) in [7, 11) is 0. The van der Waals surface area contributed by atoms with E-state index in [1.165, 1.54) is 21.3 Å². The standard InChI is InChI=1S/C12H14IN3S2/c13-10-6-8(7-17-10)12-16-15-11(18-12)2-1-5-14-9-3-4-9/h6-7,9,14H,1-5H2. The number of halogens is 1. The van der Waals surface area contributed by atoms with Crippen LogP contribution in [0.1, 0.15) is 24.3 Å². The summed E-state index contributed by atoms with van der Waals surface area (Å²) in [6.07, 6.45) is 4.92. The highest BCUT2D eigenvalue weighted by atomic mass is 127. The summed E-state index contributed by atoms with van der Waals surface area (Å²) in [5.74, 6) is 0. The second kappa shape index (κ2) is 5.94. The van der Waals surface area contributed by atoms with Gasteiger partial charge in [-0.3, -0.25) is 0 Å². The SMILES string of the molecule is Ic1cc(-c2nnc(CCCNC3CC3)s2)cs1. The number of aromatic nitrogens is 2. The van der Waals surface area contributed by atoms with Crippen molar-refractivity contribution >= 4 is 45.3 Å². The van der Waals surface area contributed by atoms with Gasteiger partial charge in [-0.05, 0) is 54.5 Å². The van der Waals surface area contributed by atoms with E-state index in [1.807, 2.05) is 0 Å². The van der Waals surface area contributed by atoms with Crippen LogP contribution in [-0.4, -0.2) is 22.8 Å². The Morgan fingerprint density at radius 1 is 1.39 bits per heavy atom. The molecule has 0 radical (unpaired) electrons. The van der Waals surface area contributed by atoms with Gasteiger partial charge in [0, 0.05) is 23.4 Å². The van der Waals surface area contributed by atoms with Crippen LogP contribution in [0.2, 0.25) is 0 Å². The molecule has 0 unspecified atom stereocenters. The van der Waals surface area contributed by atoms with Crippen molar-refractivity contribution in [2.24, 2.45) is 0 Å². The fraction of sp³-hybridized carbons (Fsp3) is 0.500. The maximum Gasteiger partial charge on any atom is 0.148 e. The lowest BCUT2D eigenvalue weighted by Gasteiger charge is -1.99. The highest BCUT2D eigenvalue weighted by Gasteiger charge is 2.19. The molecule has 0 atom stereocenters. The van der Waals surface area contributed by atoms with Crippen LogP contribution in [0.4, 0.5) is 0 Å². The van der Waals surface area contributed by atoms with Crippen LogP contribution >= 0.6 is 45.3 Å². The van der Waals surface area contributed by atoms with Gasteiger partial charge in [-0.1, -0.05) is 11.3 Å². The van der Waals surface area contributed by atoms with E-state index in [-0.39, 0.29) is 0 Å². The lowest BCUT2D eigenvalue weighted by Crippen LogP contribution is -2.17. The fourth-order valence-electron chi connectivity index (χ4n) is 1.73. The molecule has 0 aliphatic heterocycles. The molecule has 0 amide bonds. The third-order valence-electron chi connectivity index (χ3n) is 2.86. The van der Waals surface area contributed by atoms with E-state index in [2.05, 4.69) is 49.6 Å². The predicted octanol–water partition coefficient (Wildman–Crippen LogP) is 3.56. The minimum atomic E-state index is 0.808. The van der Waals surface area contributed by atoms with Crippen LogP contribution in [0.3, 0.4) is 0 Å². The number of nitrogens with zero attached hydrogens (tertiary/aromatic N) is 2. The van der Waals surface area contributed by atoms with E-state index in [4.69, 9.17) is 0 Å². The number of thiophene rings is 1. The lowest BCUT2D eigenvalue weighted by atomic mass is 10.3. The summed E-state index contributed by atoms with van der Waals surface area (Å²) in [6.45, 7) is 1.11. The molecule has 2 heterocycles. The van der Waals surface area contributed by atoms with Gasteiger partial charge in [0.05, 0.1) is 2.88 Å². The second-order valence-corrected chi connectivity index (χ2v) is 8.34. The Morgan fingerprint density at radius 3 is 3.00 bits per heavy atom. The normalized spacial score (nSPS) is 15.2. The van der Waals surface area contributed by atoms with E-state index in [1.54, 1.807) is 22.7 Å². The van der Waals surface area contributed by atoms with Crippen molar-refractivity contribution in [3.8, 4) is 10.6 Å². The minimum Gasteiger partial charge on any atom is -0.314 e. The Labute approximate surface area is 128 Å². The van der Waals surface area contributed by atoms with E-state index in [9.17, 15) is 0 Å². The second-order valence-electron chi connectivity index (χ2n) is 4.47. The molecule has 18 heavy (non-hydrogen) atoms. The summed E-state index contributed by atoms with van der Waals surface area (Å²) in [4.78, 5) is 0. The van der Waals surface area contributed by atoms with E-state index < -0.39 is 0 Å². The lowest BCUT2D eigenvalue weighted by molar-refractivity contribution is 0.643. The van der Waals surface area contributed by atoms with Gasteiger partial charge in [-0.2, -0.15) is 0 Å². The minimum absolute atomic E-state index is 0.808. The van der Waals surface area contributed by atoms with E-state index >= 15 is 0 Å². The van der Waals surface area contributed by atoms with E-state index in [0.717, 1.165) is 35.4 Å². The van der Waals surface area contributed by atoms with Gasteiger partial charge >= 0.3 is 0 Å². The van der Waals surface area contributed by atoms with Crippen LogP contribution in [-0.2, 0) is 6.42 Å². The molecule has 3 rings (SSSR count). The predicted molar refractivity (Wildman–Crippen MR) is 85.3 cm³/mol. The third-order valence-corrected chi connectivity index (χ3v) is 5.68. The highest BCUT2D eigenvalue weighted by molar-refractivity contribution is 14.1. The Balaban J connectivity index is 1.52. The smallest absolute Gasteiger partial charge is 0.148 e. The molecule has 1 aliphatic rings. The molecule has 6 heteroatoms. The van der Waals surface area contributed by atoms with Gasteiger partial charge in [0.1, 0.15) is 10.0 Å². The molecule has 1 fully saturated rings. The molecule has 0 aromatic carbocycles. The Kier molecular flexibility index (Phi) is 4.27. The molecular weight excluding hydrogens is 377 g/mol. The fourth-order valence-corrected chi connectivity index (χ4v) is 4.00.